The lowest BCUT2D eigenvalue weighted by molar-refractivity contribution is 0.0944. The first kappa shape index (κ1) is 12.5. The molecule has 2 rings (SSSR count). The Hall–Kier alpha value is -0.910. The summed E-state index contributed by atoms with van der Waals surface area (Å²) in [6.45, 7) is 0.768. The van der Waals surface area contributed by atoms with E-state index in [1.165, 1.54) is 6.07 Å². The predicted molar refractivity (Wildman–Crippen MR) is 71.8 cm³/mol. The summed E-state index contributed by atoms with van der Waals surface area (Å²) in [6.07, 6.45) is 0. The molecule has 0 fully saturated rings. The van der Waals surface area contributed by atoms with Gasteiger partial charge in [0.25, 0.3) is 5.91 Å². The van der Waals surface area contributed by atoms with Crippen LogP contribution in [0.2, 0.25) is 10.0 Å². The largest absolute Gasteiger partial charge is 0.276 e. The molecular weight excluding hydrogens is 281 g/mol. The van der Waals surface area contributed by atoms with E-state index in [0.29, 0.717) is 20.8 Å². The first-order valence-corrected chi connectivity index (χ1v) is 6.59. The van der Waals surface area contributed by atoms with E-state index in [1.54, 1.807) is 23.9 Å². The lowest BCUT2D eigenvalue weighted by atomic mass is 10.2. The van der Waals surface area contributed by atoms with Gasteiger partial charge in [-0.1, -0.05) is 35.0 Å². The molecule has 1 amide bonds. The third-order valence-corrected chi connectivity index (χ3v) is 3.48. The zero-order valence-electron chi connectivity index (χ0n) is 8.67. The maximum Gasteiger partial charge on any atom is 0.271 e. The van der Waals surface area contributed by atoms with E-state index in [4.69, 9.17) is 23.2 Å². The minimum absolute atomic E-state index is 0.317. The van der Waals surface area contributed by atoms with E-state index in [0.717, 1.165) is 12.3 Å². The highest BCUT2D eigenvalue weighted by molar-refractivity contribution is 8.14. The van der Waals surface area contributed by atoms with Gasteiger partial charge in [0.1, 0.15) is 0 Å². The summed E-state index contributed by atoms with van der Waals surface area (Å²) in [4.78, 5) is 15.9. The van der Waals surface area contributed by atoms with Crippen LogP contribution in [0, 0.1) is 0 Å². The fourth-order valence-electron chi connectivity index (χ4n) is 1.26. The van der Waals surface area contributed by atoms with E-state index >= 15 is 0 Å². The fourth-order valence-corrected chi connectivity index (χ4v) is 2.44. The van der Waals surface area contributed by atoms with Gasteiger partial charge in [0, 0.05) is 10.8 Å². The number of rotatable bonds is 1. The number of aliphatic imine (C=N–C) groups is 1. The summed E-state index contributed by atoms with van der Waals surface area (Å²) in [6, 6.07) is 4.72. The third-order valence-electron chi connectivity index (χ3n) is 2.04. The highest BCUT2D eigenvalue weighted by Gasteiger charge is 2.12. The zero-order chi connectivity index (χ0) is 12.3. The van der Waals surface area contributed by atoms with Gasteiger partial charge in [-0.15, -0.1) is 0 Å². The number of hydrogen-bond donors (Lipinski definition) is 2. The maximum absolute atomic E-state index is 11.8. The Bertz CT molecular complexity index is 479. The van der Waals surface area contributed by atoms with Crippen LogP contribution in [0.25, 0.3) is 0 Å². The van der Waals surface area contributed by atoms with Crippen molar-refractivity contribution in [1.82, 2.24) is 10.9 Å². The smallest absolute Gasteiger partial charge is 0.271 e. The molecule has 7 heteroatoms. The van der Waals surface area contributed by atoms with Crippen LogP contribution >= 0.6 is 35.0 Å². The molecule has 1 aliphatic rings. The highest BCUT2D eigenvalue weighted by Crippen LogP contribution is 2.20. The second-order valence-electron chi connectivity index (χ2n) is 3.24. The molecule has 0 atom stereocenters. The molecule has 0 bridgehead atoms. The van der Waals surface area contributed by atoms with Gasteiger partial charge in [0.15, 0.2) is 5.17 Å². The molecule has 2 N–H and O–H groups in total. The molecule has 1 heterocycles. The summed E-state index contributed by atoms with van der Waals surface area (Å²) in [5, 5.41) is 1.52. The molecule has 0 radical (unpaired) electrons. The van der Waals surface area contributed by atoms with Gasteiger partial charge in [0.2, 0.25) is 0 Å². The Morgan fingerprint density at radius 3 is 2.88 bits per heavy atom. The number of hydrogen-bond acceptors (Lipinski definition) is 4. The number of nitrogens with zero attached hydrogens (tertiary/aromatic N) is 1. The number of carbonyl (C=O) groups excluding carboxylic acids is 1. The number of carbonyl (C=O) groups is 1. The van der Waals surface area contributed by atoms with E-state index in [2.05, 4.69) is 15.8 Å². The minimum Gasteiger partial charge on any atom is -0.276 e. The molecule has 0 saturated carbocycles. The topological polar surface area (TPSA) is 53.5 Å². The number of amidine groups is 1. The number of hydrazine groups is 1. The van der Waals surface area contributed by atoms with Crippen LogP contribution in [0.1, 0.15) is 10.4 Å². The molecular formula is C10H9Cl2N3OS. The van der Waals surface area contributed by atoms with Crippen LogP contribution in [0.15, 0.2) is 23.2 Å². The molecule has 0 aromatic heterocycles. The average Bonchev–Trinajstić information content (AvgIpc) is 2.78. The third kappa shape index (κ3) is 3.28. The van der Waals surface area contributed by atoms with Crippen molar-refractivity contribution in [1.29, 1.82) is 0 Å². The van der Waals surface area contributed by atoms with Crippen molar-refractivity contribution in [2.24, 2.45) is 4.99 Å². The number of nitrogens with one attached hydrogen (secondary N) is 2. The summed E-state index contributed by atoms with van der Waals surface area (Å²) >= 11 is 13.2. The molecule has 1 aromatic rings. The second kappa shape index (κ2) is 5.62. The van der Waals surface area contributed by atoms with Gasteiger partial charge in [-0.2, -0.15) is 0 Å². The summed E-state index contributed by atoms with van der Waals surface area (Å²) in [7, 11) is 0. The van der Waals surface area contributed by atoms with Crippen molar-refractivity contribution in [2.45, 2.75) is 0 Å². The van der Waals surface area contributed by atoms with Crippen molar-refractivity contribution in [3.63, 3.8) is 0 Å². The van der Waals surface area contributed by atoms with Gasteiger partial charge < -0.3 is 0 Å². The number of benzene rings is 1. The molecule has 0 aliphatic carbocycles. The Kier molecular flexibility index (Phi) is 4.15. The highest BCUT2D eigenvalue weighted by atomic mass is 35.5. The SMILES string of the molecule is O=C(NNC1=NCCS1)c1ccc(Cl)cc1Cl. The number of amides is 1. The first-order chi connectivity index (χ1) is 8.16. The Morgan fingerprint density at radius 2 is 2.24 bits per heavy atom. The lowest BCUT2D eigenvalue weighted by Crippen LogP contribution is -2.40. The van der Waals surface area contributed by atoms with Crippen molar-refractivity contribution >= 4 is 46.0 Å². The molecule has 1 aromatic carbocycles. The van der Waals surface area contributed by atoms with Crippen LogP contribution in [-0.2, 0) is 0 Å². The zero-order valence-corrected chi connectivity index (χ0v) is 11.0. The van der Waals surface area contributed by atoms with Gasteiger partial charge in [-0.05, 0) is 18.2 Å². The van der Waals surface area contributed by atoms with Crippen molar-refractivity contribution < 1.29 is 4.79 Å². The van der Waals surface area contributed by atoms with Gasteiger partial charge in [-0.25, -0.2) is 0 Å². The van der Waals surface area contributed by atoms with Crippen molar-refractivity contribution in [2.75, 3.05) is 12.3 Å². The average molecular weight is 290 g/mol. The monoisotopic (exact) mass is 289 g/mol. The molecule has 0 unspecified atom stereocenters. The summed E-state index contributed by atoms with van der Waals surface area (Å²) in [5.41, 5.74) is 5.64. The van der Waals surface area contributed by atoms with E-state index < -0.39 is 0 Å². The molecule has 1 aliphatic heterocycles. The van der Waals surface area contributed by atoms with E-state index in [9.17, 15) is 4.79 Å². The van der Waals surface area contributed by atoms with Gasteiger partial charge in [-0.3, -0.25) is 20.6 Å². The lowest BCUT2D eigenvalue weighted by Gasteiger charge is -2.08. The quantitative estimate of drug-likeness (QED) is 0.780. The van der Waals surface area contributed by atoms with Crippen molar-refractivity contribution in [3.05, 3.63) is 33.8 Å². The Labute approximate surface area is 113 Å². The summed E-state index contributed by atoms with van der Waals surface area (Å²) < 4.78 is 0. The molecule has 4 nitrogen and oxygen atoms in total. The van der Waals surface area contributed by atoms with E-state index in [-0.39, 0.29) is 5.91 Å². The van der Waals surface area contributed by atoms with Crippen LogP contribution < -0.4 is 10.9 Å². The van der Waals surface area contributed by atoms with Crippen LogP contribution in [0.3, 0.4) is 0 Å². The maximum atomic E-state index is 11.8. The minimum atomic E-state index is -0.318. The normalized spacial score (nSPS) is 14.4. The molecule has 0 spiro atoms. The van der Waals surface area contributed by atoms with Crippen LogP contribution in [0.5, 0.6) is 0 Å². The number of thioether (sulfide) groups is 1. The predicted octanol–water partition coefficient (Wildman–Crippen LogP) is 2.33. The van der Waals surface area contributed by atoms with Crippen LogP contribution in [0.4, 0.5) is 0 Å². The standard InChI is InChI=1S/C10H9Cl2N3OS/c11-6-1-2-7(8(12)5-6)9(16)14-15-10-13-3-4-17-10/h1-2,5H,3-4H2,(H,13,15)(H,14,16). The Morgan fingerprint density at radius 1 is 1.41 bits per heavy atom. The fraction of sp³-hybridized carbons (Fsp3) is 0.200. The summed E-state index contributed by atoms with van der Waals surface area (Å²) in [5.74, 6) is 0.613. The Balaban J connectivity index is 1.99. The molecule has 17 heavy (non-hydrogen) atoms. The second-order valence-corrected chi connectivity index (χ2v) is 5.17. The first-order valence-electron chi connectivity index (χ1n) is 4.85. The van der Waals surface area contributed by atoms with Crippen LogP contribution in [-0.4, -0.2) is 23.4 Å². The number of halogens is 2. The molecule has 0 saturated heterocycles. The van der Waals surface area contributed by atoms with E-state index in [1.807, 2.05) is 0 Å². The van der Waals surface area contributed by atoms with Gasteiger partial charge >= 0.3 is 0 Å². The molecule has 90 valence electrons. The van der Waals surface area contributed by atoms with Gasteiger partial charge in [0.05, 0.1) is 17.1 Å². The van der Waals surface area contributed by atoms with Crippen molar-refractivity contribution in [3.8, 4) is 0 Å².